The molecular weight excluding hydrogens is 544 g/mol. The van der Waals surface area contributed by atoms with Crippen LogP contribution in [0, 0.1) is 11.3 Å². The molecule has 230 valence electrons. The van der Waals surface area contributed by atoms with Gasteiger partial charge in [-0.15, -0.1) is 0 Å². The molecule has 1 atom stereocenters. The summed E-state index contributed by atoms with van der Waals surface area (Å²) in [6.07, 6.45) is 5.20. The number of hydrogen-bond donors (Lipinski definition) is 0. The summed E-state index contributed by atoms with van der Waals surface area (Å²) in [7, 11) is 0. The third-order valence-electron chi connectivity index (χ3n) is 7.61. The van der Waals surface area contributed by atoms with Gasteiger partial charge in [0.05, 0.1) is 44.2 Å². The average Bonchev–Trinajstić information content (AvgIpc) is 3.02. The minimum Gasteiger partial charge on any atom is -0.494 e. The van der Waals surface area contributed by atoms with Gasteiger partial charge in [0.2, 0.25) is 0 Å². The van der Waals surface area contributed by atoms with Crippen molar-refractivity contribution in [2.45, 2.75) is 52.9 Å². The molecule has 1 unspecified atom stereocenters. The van der Waals surface area contributed by atoms with Crippen LogP contribution in [0.4, 0.5) is 0 Å². The van der Waals surface area contributed by atoms with Gasteiger partial charge < -0.3 is 23.7 Å². The van der Waals surface area contributed by atoms with Crippen LogP contribution in [0.25, 0.3) is 11.1 Å². The first-order valence-corrected chi connectivity index (χ1v) is 15.3. The lowest BCUT2D eigenvalue weighted by Crippen LogP contribution is -2.43. The molecule has 1 saturated heterocycles. The number of esters is 2. The van der Waals surface area contributed by atoms with Crippen LogP contribution in [-0.4, -0.2) is 51.6 Å². The van der Waals surface area contributed by atoms with E-state index in [9.17, 15) is 9.59 Å². The quantitative estimate of drug-likeness (QED) is 0.0905. The van der Waals surface area contributed by atoms with Gasteiger partial charge in [-0.25, -0.2) is 9.59 Å². The molecule has 43 heavy (non-hydrogen) atoms. The number of rotatable bonds is 17. The van der Waals surface area contributed by atoms with Gasteiger partial charge in [-0.05, 0) is 84.8 Å². The van der Waals surface area contributed by atoms with E-state index in [1.54, 1.807) is 48.5 Å². The third-order valence-corrected chi connectivity index (χ3v) is 7.61. The molecule has 0 radical (unpaired) electrons. The predicted molar refractivity (Wildman–Crippen MR) is 167 cm³/mol. The van der Waals surface area contributed by atoms with E-state index >= 15 is 0 Å². The van der Waals surface area contributed by atoms with Crippen LogP contribution in [0.2, 0.25) is 0 Å². The van der Waals surface area contributed by atoms with Crippen LogP contribution in [0.15, 0.2) is 72.8 Å². The molecule has 1 fully saturated rings. The predicted octanol–water partition coefficient (Wildman–Crippen LogP) is 7.77. The zero-order chi connectivity index (χ0) is 30.5. The Morgan fingerprint density at radius 1 is 0.767 bits per heavy atom. The van der Waals surface area contributed by atoms with Crippen LogP contribution in [0.5, 0.6) is 11.5 Å². The van der Waals surface area contributed by atoms with Crippen LogP contribution < -0.4 is 9.47 Å². The lowest BCUT2D eigenvalue weighted by molar-refractivity contribution is -0.137. The minimum absolute atomic E-state index is 0.216. The van der Waals surface area contributed by atoms with Crippen LogP contribution in [0.3, 0.4) is 0 Å². The molecule has 0 aliphatic carbocycles. The van der Waals surface area contributed by atoms with E-state index in [-0.39, 0.29) is 11.4 Å². The fourth-order valence-corrected chi connectivity index (χ4v) is 4.49. The maximum Gasteiger partial charge on any atom is 0.343 e. The summed E-state index contributed by atoms with van der Waals surface area (Å²) in [6, 6.07) is 21.6. The first-order valence-electron chi connectivity index (χ1n) is 15.3. The van der Waals surface area contributed by atoms with Crippen molar-refractivity contribution in [3.05, 3.63) is 83.9 Å². The van der Waals surface area contributed by atoms with Gasteiger partial charge in [-0.1, -0.05) is 57.9 Å². The van der Waals surface area contributed by atoms with Crippen molar-refractivity contribution in [3.63, 3.8) is 0 Å². The number of ether oxygens (including phenoxy) is 5. The van der Waals surface area contributed by atoms with Crippen molar-refractivity contribution < 1.29 is 33.3 Å². The molecule has 0 amide bonds. The molecule has 0 spiro atoms. The van der Waals surface area contributed by atoms with E-state index in [0.29, 0.717) is 36.0 Å². The molecule has 3 aromatic carbocycles. The van der Waals surface area contributed by atoms with Gasteiger partial charge in [-0.3, -0.25) is 0 Å². The molecule has 1 aliphatic heterocycles. The van der Waals surface area contributed by atoms with Crippen molar-refractivity contribution in [2.24, 2.45) is 11.3 Å². The Bertz CT molecular complexity index is 1280. The van der Waals surface area contributed by atoms with E-state index in [0.717, 1.165) is 75.4 Å². The molecule has 1 aliphatic rings. The van der Waals surface area contributed by atoms with Gasteiger partial charge in [0, 0.05) is 12.0 Å². The third kappa shape index (κ3) is 10.2. The Kier molecular flexibility index (Phi) is 12.2. The highest BCUT2D eigenvalue weighted by molar-refractivity contribution is 5.91. The standard InChI is InChI=1S/C36H44O7/c1-4-27(2)23-42-34(37)30-11-9-28(10-12-30)29-13-19-33(20-14-29)43-35(38)31-15-17-32(18-16-31)41-22-8-6-5-7-21-39-24-36(3)25-40-26-36/h9-20,27H,4-8,21-26H2,1-3H3. The maximum atomic E-state index is 12.7. The molecule has 4 rings (SSSR count). The molecule has 0 N–H and O–H groups in total. The molecule has 0 saturated carbocycles. The first kappa shape index (κ1) is 32.2. The summed E-state index contributed by atoms with van der Waals surface area (Å²) in [4.78, 5) is 24.9. The second kappa shape index (κ2) is 16.2. The van der Waals surface area contributed by atoms with Crippen LogP contribution >= 0.6 is 0 Å². The van der Waals surface area contributed by atoms with Crippen molar-refractivity contribution >= 4 is 11.9 Å². The summed E-state index contributed by atoms with van der Waals surface area (Å²) >= 11 is 0. The largest absolute Gasteiger partial charge is 0.494 e. The Balaban J connectivity index is 1.14. The second-order valence-corrected chi connectivity index (χ2v) is 11.7. The summed E-state index contributed by atoms with van der Waals surface area (Å²) in [5.74, 6) is 0.783. The Morgan fingerprint density at radius 3 is 1.93 bits per heavy atom. The molecular formula is C36H44O7. The molecule has 0 bridgehead atoms. The van der Waals surface area contributed by atoms with Gasteiger partial charge >= 0.3 is 11.9 Å². The monoisotopic (exact) mass is 588 g/mol. The van der Waals surface area contributed by atoms with Crippen molar-refractivity contribution in [1.29, 1.82) is 0 Å². The summed E-state index contributed by atoms with van der Waals surface area (Å²) < 4.78 is 27.8. The van der Waals surface area contributed by atoms with E-state index in [1.165, 1.54) is 0 Å². The zero-order valence-electron chi connectivity index (χ0n) is 25.6. The molecule has 1 heterocycles. The zero-order valence-corrected chi connectivity index (χ0v) is 25.6. The smallest absolute Gasteiger partial charge is 0.343 e. The number of unbranched alkanes of at least 4 members (excludes halogenated alkanes) is 3. The number of carbonyl (C=O) groups is 2. The van der Waals surface area contributed by atoms with Crippen LogP contribution in [0.1, 0.15) is 73.6 Å². The molecule has 7 heteroatoms. The SMILES string of the molecule is CCC(C)COC(=O)c1ccc(-c2ccc(OC(=O)c3ccc(OCCCCCCOCC4(C)COC4)cc3)cc2)cc1. The lowest BCUT2D eigenvalue weighted by Gasteiger charge is -2.37. The van der Waals surface area contributed by atoms with Crippen molar-refractivity contribution in [1.82, 2.24) is 0 Å². The van der Waals surface area contributed by atoms with Crippen molar-refractivity contribution in [3.8, 4) is 22.6 Å². The second-order valence-electron chi connectivity index (χ2n) is 11.7. The Labute approximate surface area is 255 Å². The van der Waals surface area contributed by atoms with E-state index in [1.807, 2.05) is 24.3 Å². The number of benzene rings is 3. The highest BCUT2D eigenvalue weighted by atomic mass is 16.5. The normalized spacial score (nSPS) is 14.4. The topological polar surface area (TPSA) is 80.3 Å². The van der Waals surface area contributed by atoms with Gasteiger partial charge in [-0.2, -0.15) is 0 Å². The summed E-state index contributed by atoms with van der Waals surface area (Å²) in [5.41, 5.74) is 3.09. The summed E-state index contributed by atoms with van der Waals surface area (Å²) in [6.45, 7) is 10.6. The number of carbonyl (C=O) groups excluding carboxylic acids is 2. The highest BCUT2D eigenvalue weighted by Gasteiger charge is 2.33. The van der Waals surface area contributed by atoms with E-state index in [4.69, 9.17) is 23.7 Å². The first-order chi connectivity index (χ1) is 20.8. The summed E-state index contributed by atoms with van der Waals surface area (Å²) in [5, 5.41) is 0. The van der Waals surface area contributed by atoms with E-state index < -0.39 is 5.97 Å². The minimum atomic E-state index is -0.430. The van der Waals surface area contributed by atoms with Gasteiger partial charge in [0.1, 0.15) is 11.5 Å². The molecule has 7 nitrogen and oxygen atoms in total. The van der Waals surface area contributed by atoms with Gasteiger partial charge in [0.25, 0.3) is 0 Å². The molecule has 3 aromatic rings. The Hall–Kier alpha value is -3.68. The average molecular weight is 589 g/mol. The fraction of sp³-hybridized carbons (Fsp3) is 0.444. The highest BCUT2D eigenvalue weighted by Crippen LogP contribution is 2.27. The van der Waals surface area contributed by atoms with Crippen molar-refractivity contribution in [2.75, 3.05) is 39.6 Å². The van der Waals surface area contributed by atoms with E-state index in [2.05, 4.69) is 20.8 Å². The maximum absolute atomic E-state index is 12.7. The Morgan fingerprint density at radius 2 is 1.33 bits per heavy atom. The van der Waals surface area contributed by atoms with Gasteiger partial charge in [0.15, 0.2) is 0 Å². The lowest BCUT2D eigenvalue weighted by atomic mass is 9.90. The van der Waals surface area contributed by atoms with Crippen LogP contribution in [-0.2, 0) is 14.2 Å². The molecule has 0 aromatic heterocycles. The number of hydrogen-bond acceptors (Lipinski definition) is 7. The fourth-order valence-electron chi connectivity index (χ4n) is 4.49.